The first kappa shape index (κ1) is 14.5. The van der Waals surface area contributed by atoms with Gasteiger partial charge in [-0.05, 0) is 36.5 Å². The molecular formula is C13H12N4O3S. The number of urea groups is 1. The number of carbonyl (C=O) groups is 2. The molecule has 21 heavy (non-hydrogen) atoms. The first-order chi connectivity index (χ1) is 10.1. The van der Waals surface area contributed by atoms with Gasteiger partial charge in [0.05, 0.1) is 6.26 Å². The fourth-order valence-electron chi connectivity index (χ4n) is 1.40. The summed E-state index contributed by atoms with van der Waals surface area (Å²) in [5, 5.41) is 4.87. The Bertz CT molecular complexity index is 628. The lowest BCUT2D eigenvalue weighted by molar-refractivity contribution is 0.0949. The number of anilines is 1. The van der Waals surface area contributed by atoms with E-state index in [1.165, 1.54) is 12.3 Å². The van der Waals surface area contributed by atoms with Gasteiger partial charge in [-0.25, -0.2) is 10.2 Å². The van der Waals surface area contributed by atoms with Crippen molar-refractivity contribution in [3.63, 3.8) is 0 Å². The molecule has 7 nitrogen and oxygen atoms in total. The molecule has 0 saturated heterocycles. The van der Waals surface area contributed by atoms with Crippen molar-refractivity contribution in [3.05, 3.63) is 54.5 Å². The van der Waals surface area contributed by atoms with Gasteiger partial charge in [0.25, 0.3) is 5.91 Å². The van der Waals surface area contributed by atoms with Crippen molar-refractivity contribution < 1.29 is 14.0 Å². The third-order valence-corrected chi connectivity index (χ3v) is 2.50. The third kappa shape index (κ3) is 4.62. The molecule has 2 aromatic rings. The topological polar surface area (TPSA) is 95.4 Å². The van der Waals surface area contributed by atoms with Crippen LogP contribution in [0.4, 0.5) is 10.5 Å². The van der Waals surface area contributed by atoms with Crippen LogP contribution < -0.4 is 21.5 Å². The van der Waals surface area contributed by atoms with Crippen LogP contribution in [0.3, 0.4) is 0 Å². The number of nitrogens with one attached hydrogen (secondary N) is 4. The lowest BCUT2D eigenvalue weighted by Crippen LogP contribution is -2.49. The van der Waals surface area contributed by atoms with Crippen LogP contribution in [0.2, 0.25) is 0 Å². The second-order valence-corrected chi connectivity index (χ2v) is 4.24. The highest BCUT2D eigenvalue weighted by Crippen LogP contribution is 2.03. The van der Waals surface area contributed by atoms with E-state index in [-0.39, 0.29) is 10.9 Å². The highest BCUT2D eigenvalue weighted by Gasteiger charge is 2.10. The van der Waals surface area contributed by atoms with Gasteiger partial charge >= 0.3 is 6.03 Å². The monoisotopic (exact) mass is 304 g/mol. The van der Waals surface area contributed by atoms with Gasteiger partial charge in [-0.3, -0.25) is 15.5 Å². The Labute approximate surface area is 125 Å². The van der Waals surface area contributed by atoms with E-state index in [0.29, 0.717) is 5.69 Å². The van der Waals surface area contributed by atoms with Crippen molar-refractivity contribution in [2.45, 2.75) is 0 Å². The maximum Gasteiger partial charge on any atom is 0.337 e. The van der Waals surface area contributed by atoms with Gasteiger partial charge in [-0.1, -0.05) is 18.2 Å². The molecule has 2 rings (SSSR count). The molecule has 4 N–H and O–H groups in total. The van der Waals surface area contributed by atoms with E-state index in [9.17, 15) is 9.59 Å². The van der Waals surface area contributed by atoms with Crippen LogP contribution in [-0.2, 0) is 0 Å². The predicted octanol–water partition coefficient (Wildman–Crippen LogP) is 1.62. The van der Waals surface area contributed by atoms with Gasteiger partial charge in [0.2, 0.25) is 0 Å². The second kappa shape index (κ2) is 7.06. The van der Waals surface area contributed by atoms with Gasteiger partial charge in [-0.15, -0.1) is 0 Å². The van der Waals surface area contributed by atoms with Gasteiger partial charge < -0.3 is 9.73 Å². The summed E-state index contributed by atoms with van der Waals surface area (Å²) in [6, 6.07) is 11.4. The number of thiocarbonyl (C=S) groups is 1. The molecule has 1 heterocycles. The maximum absolute atomic E-state index is 11.6. The lowest BCUT2D eigenvalue weighted by atomic mass is 10.3. The number of para-hydroxylation sites is 1. The molecule has 108 valence electrons. The Morgan fingerprint density at radius 1 is 1.00 bits per heavy atom. The van der Waals surface area contributed by atoms with Crippen LogP contribution in [0.1, 0.15) is 10.6 Å². The fraction of sp³-hybridized carbons (Fsp3) is 0. The van der Waals surface area contributed by atoms with Gasteiger partial charge in [-0.2, -0.15) is 0 Å². The van der Waals surface area contributed by atoms with Crippen LogP contribution >= 0.6 is 12.2 Å². The summed E-state index contributed by atoms with van der Waals surface area (Å²) in [5.41, 5.74) is 5.31. The summed E-state index contributed by atoms with van der Waals surface area (Å²) in [5.74, 6) is -0.393. The Morgan fingerprint density at radius 3 is 2.43 bits per heavy atom. The van der Waals surface area contributed by atoms with Gasteiger partial charge in [0.1, 0.15) is 0 Å². The van der Waals surface area contributed by atoms with Gasteiger partial charge in [0.15, 0.2) is 10.9 Å². The molecule has 0 fully saturated rings. The van der Waals surface area contributed by atoms with E-state index in [2.05, 4.69) is 21.5 Å². The summed E-state index contributed by atoms with van der Waals surface area (Å²) in [6.45, 7) is 0. The van der Waals surface area contributed by atoms with E-state index in [0.717, 1.165) is 0 Å². The van der Waals surface area contributed by atoms with Crippen LogP contribution in [-0.4, -0.2) is 17.1 Å². The third-order valence-electron chi connectivity index (χ3n) is 2.29. The number of carbonyl (C=O) groups excluding carboxylic acids is 2. The van der Waals surface area contributed by atoms with Crippen LogP contribution in [0.25, 0.3) is 0 Å². The Morgan fingerprint density at radius 2 is 1.76 bits per heavy atom. The van der Waals surface area contributed by atoms with Gasteiger partial charge in [0, 0.05) is 5.69 Å². The maximum atomic E-state index is 11.6. The largest absolute Gasteiger partial charge is 0.459 e. The second-order valence-electron chi connectivity index (χ2n) is 3.83. The summed E-state index contributed by atoms with van der Waals surface area (Å²) in [6.07, 6.45) is 1.37. The minimum Gasteiger partial charge on any atom is -0.459 e. The van der Waals surface area contributed by atoms with Crippen molar-refractivity contribution in [1.29, 1.82) is 0 Å². The number of amides is 3. The smallest absolute Gasteiger partial charge is 0.337 e. The Kier molecular flexibility index (Phi) is 4.89. The number of furan rings is 1. The molecule has 0 aliphatic heterocycles. The molecule has 0 atom stereocenters. The summed E-state index contributed by atoms with van der Waals surface area (Å²) in [7, 11) is 0. The van der Waals surface area contributed by atoms with E-state index in [1.54, 1.807) is 30.3 Å². The molecule has 1 aromatic carbocycles. The van der Waals surface area contributed by atoms with Crippen LogP contribution in [0, 0.1) is 0 Å². The molecule has 1 aromatic heterocycles. The molecule has 3 amide bonds. The zero-order chi connectivity index (χ0) is 15.1. The zero-order valence-electron chi connectivity index (χ0n) is 10.8. The predicted molar refractivity (Wildman–Crippen MR) is 80.5 cm³/mol. The molecule has 0 aliphatic rings. The number of hydrazine groups is 1. The molecule has 8 heteroatoms. The SMILES string of the molecule is O=C(NNC(=S)NC(=O)c1ccco1)Nc1ccccc1. The summed E-state index contributed by atoms with van der Waals surface area (Å²) in [4.78, 5) is 23.1. The first-order valence-corrected chi connectivity index (χ1v) is 6.33. The molecule has 0 unspecified atom stereocenters. The number of benzene rings is 1. The highest BCUT2D eigenvalue weighted by atomic mass is 32.1. The number of hydrogen-bond donors (Lipinski definition) is 4. The average Bonchev–Trinajstić information content (AvgIpc) is 3.00. The minimum atomic E-state index is -0.518. The molecule has 0 aliphatic carbocycles. The average molecular weight is 304 g/mol. The fourth-order valence-corrected chi connectivity index (χ4v) is 1.54. The van der Waals surface area contributed by atoms with Crippen molar-refractivity contribution in [1.82, 2.24) is 16.2 Å². The number of hydrogen-bond acceptors (Lipinski definition) is 4. The molecule has 0 saturated carbocycles. The van der Waals surface area contributed by atoms with Crippen LogP contribution in [0.5, 0.6) is 0 Å². The molecule has 0 spiro atoms. The van der Waals surface area contributed by atoms with E-state index >= 15 is 0 Å². The molecule has 0 bridgehead atoms. The molecular weight excluding hydrogens is 292 g/mol. The van der Waals surface area contributed by atoms with Crippen molar-refractivity contribution >= 4 is 35.0 Å². The van der Waals surface area contributed by atoms with E-state index < -0.39 is 11.9 Å². The van der Waals surface area contributed by atoms with Crippen LogP contribution in [0.15, 0.2) is 53.1 Å². The quantitative estimate of drug-likeness (QED) is 0.499. The van der Waals surface area contributed by atoms with Crippen molar-refractivity contribution in [3.8, 4) is 0 Å². The normalized spacial score (nSPS) is 9.52. The van der Waals surface area contributed by atoms with Crippen molar-refractivity contribution in [2.75, 3.05) is 5.32 Å². The van der Waals surface area contributed by atoms with E-state index in [1.807, 2.05) is 6.07 Å². The minimum absolute atomic E-state index is 0.0559. The summed E-state index contributed by atoms with van der Waals surface area (Å²) < 4.78 is 4.90. The van der Waals surface area contributed by atoms with Crippen molar-refractivity contribution in [2.24, 2.45) is 0 Å². The molecule has 0 radical (unpaired) electrons. The standard InChI is InChI=1S/C13H12N4O3S/c18-11(10-7-4-8-20-10)15-13(21)17-16-12(19)14-9-5-2-1-3-6-9/h1-8H,(H2,14,16,19)(H2,15,17,18,21). The first-order valence-electron chi connectivity index (χ1n) is 5.92. The zero-order valence-corrected chi connectivity index (χ0v) is 11.6. The highest BCUT2D eigenvalue weighted by molar-refractivity contribution is 7.80. The number of rotatable bonds is 2. The Balaban J connectivity index is 1.74. The Hall–Kier alpha value is -2.87. The lowest BCUT2D eigenvalue weighted by Gasteiger charge is -2.10. The van der Waals surface area contributed by atoms with E-state index in [4.69, 9.17) is 16.6 Å². The summed E-state index contributed by atoms with van der Waals surface area (Å²) >= 11 is 4.86.